The number of carbonyl (C=O) groups excluding carboxylic acids is 1. The second-order valence-corrected chi connectivity index (χ2v) is 10.3. The van der Waals surface area contributed by atoms with Crippen LogP contribution in [0.25, 0.3) is 0 Å². The van der Waals surface area contributed by atoms with E-state index in [0.29, 0.717) is 34.2 Å². The number of halogens is 2. The summed E-state index contributed by atoms with van der Waals surface area (Å²) in [5.74, 6) is 0.982. The van der Waals surface area contributed by atoms with E-state index in [4.69, 9.17) is 32.7 Å². The summed E-state index contributed by atoms with van der Waals surface area (Å²) < 4.78 is 12.3. The fraction of sp³-hybridized carbons (Fsp3) is 0.400. The molecular formula is C25H28Cl2N4O3S. The Bertz CT molecular complexity index is 1150. The molecule has 1 aliphatic heterocycles. The van der Waals surface area contributed by atoms with Crippen LogP contribution in [0.4, 0.5) is 5.69 Å². The molecule has 0 spiro atoms. The maximum atomic E-state index is 12.5. The summed E-state index contributed by atoms with van der Waals surface area (Å²) >= 11 is 14.4. The zero-order valence-corrected chi connectivity index (χ0v) is 22.1. The van der Waals surface area contributed by atoms with Gasteiger partial charge in [-0.25, -0.2) is 9.48 Å². The number of thioether (sulfide) groups is 1. The fourth-order valence-electron chi connectivity index (χ4n) is 4.05. The number of hydrogen-bond acceptors (Lipinski definition) is 7. The maximum Gasteiger partial charge on any atom is 0.360 e. The minimum absolute atomic E-state index is 0.288. The number of carbonyl (C=O) groups is 1. The van der Waals surface area contributed by atoms with Crippen molar-refractivity contribution in [2.75, 3.05) is 31.7 Å². The topological polar surface area (TPSA) is 69.5 Å². The third-order valence-corrected chi connectivity index (χ3v) is 7.88. The molecule has 0 radical (unpaired) electrons. The average molecular weight is 535 g/mol. The zero-order valence-electron chi connectivity index (χ0n) is 19.7. The van der Waals surface area contributed by atoms with Gasteiger partial charge < -0.3 is 14.4 Å². The largest absolute Gasteiger partial charge is 0.497 e. The molecule has 0 unspecified atom stereocenters. The predicted octanol–water partition coefficient (Wildman–Crippen LogP) is 5.72. The van der Waals surface area contributed by atoms with Crippen LogP contribution in [0, 0.1) is 0 Å². The number of piperidine rings is 1. The van der Waals surface area contributed by atoms with Gasteiger partial charge in [0, 0.05) is 29.1 Å². The third-order valence-electron chi connectivity index (χ3n) is 5.94. The van der Waals surface area contributed by atoms with Gasteiger partial charge >= 0.3 is 5.97 Å². The standard InChI is InChI=1S/C25H28Cl2N4O3S/c1-3-34-25(32)24-23(31(29-28-24)15-17-4-7-19(33-2)8-5-17)16-35-20-10-12-30(13-11-20)22-14-18(26)6-9-21(22)27/h4-9,14,20H,3,10-13,15-16H2,1-2H3. The Morgan fingerprint density at radius 1 is 1.14 bits per heavy atom. The van der Waals surface area contributed by atoms with Crippen LogP contribution in [0.5, 0.6) is 5.75 Å². The number of benzene rings is 2. The van der Waals surface area contributed by atoms with Gasteiger partial charge in [-0.15, -0.1) is 5.10 Å². The number of ether oxygens (including phenoxy) is 2. The summed E-state index contributed by atoms with van der Waals surface area (Å²) in [6.45, 7) is 4.38. The van der Waals surface area contributed by atoms with Gasteiger partial charge in [0.05, 0.1) is 36.7 Å². The van der Waals surface area contributed by atoms with Crippen LogP contribution in [-0.2, 0) is 17.0 Å². The smallest absolute Gasteiger partial charge is 0.360 e. The SMILES string of the molecule is CCOC(=O)c1nnn(Cc2ccc(OC)cc2)c1CSC1CCN(c2cc(Cl)ccc2Cl)CC1. The summed E-state index contributed by atoms with van der Waals surface area (Å²) in [7, 11) is 1.64. The van der Waals surface area contributed by atoms with Crippen molar-refractivity contribution in [3.8, 4) is 5.75 Å². The van der Waals surface area contributed by atoms with E-state index in [2.05, 4.69) is 15.2 Å². The van der Waals surface area contributed by atoms with Crippen molar-refractivity contribution in [2.45, 2.75) is 37.3 Å². The molecular weight excluding hydrogens is 507 g/mol. The number of nitrogens with zero attached hydrogens (tertiary/aromatic N) is 4. The highest BCUT2D eigenvalue weighted by Gasteiger charge is 2.25. The van der Waals surface area contributed by atoms with Gasteiger partial charge in [0.25, 0.3) is 0 Å². The summed E-state index contributed by atoms with van der Waals surface area (Å²) in [6.07, 6.45) is 2.00. The van der Waals surface area contributed by atoms with Crippen molar-refractivity contribution in [3.63, 3.8) is 0 Å². The third kappa shape index (κ3) is 6.42. The van der Waals surface area contributed by atoms with Gasteiger partial charge in [-0.2, -0.15) is 11.8 Å². The highest BCUT2D eigenvalue weighted by atomic mass is 35.5. The van der Waals surface area contributed by atoms with Crippen molar-refractivity contribution in [3.05, 3.63) is 69.5 Å². The molecule has 4 rings (SSSR count). The first-order valence-corrected chi connectivity index (χ1v) is 13.3. The Morgan fingerprint density at radius 3 is 2.57 bits per heavy atom. The average Bonchev–Trinajstić information content (AvgIpc) is 3.27. The molecule has 0 saturated carbocycles. The Labute approximate surface area is 219 Å². The minimum Gasteiger partial charge on any atom is -0.497 e. The molecule has 3 aromatic rings. The van der Waals surface area contributed by atoms with Crippen LogP contribution in [0.1, 0.15) is 41.5 Å². The molecule has 7 nitrogen and oxygen atoms in total. The van der Waals surface area contributed by atoms with E-state index in [0.717, 1.165) is 48.6 Å². The highest BCUT2D eigenvalue weighted by molar-refractivity contribution is 7.99. The van der Waals surface area contributed by atoms with E-state index in [1.54, 1.807) is 24.8 Å². The van der Waals surface area contributed by atoms with E-state index >= 15 is 0 Å². The molecule has 1 aliphatic rings. The van der Waals surface area contributed by atoms with Gasteiger partial charge in [0.15, 0.2) is 5.69 Å². The van der Waals surface area contributed by atoms with Crippen molar-refractivity contribution < 1.29 is 14.3 Å². The number of esters is 1. The fourth-order valence-corrected chi connectivity index (χ4v) is 5.68. The summed E-state index contributed by atoms with van der Waals surface area (Å²) in [5.41, 5.74) is 3.10. The molecule has 10 heteroatoms. The van der Waals surface area contributed by atoms with Crippen molar-refractivity contribution in [1.82, 2.24) is 15.0 Å². The molecule has 1 saturated heterocycles. The molecule has 0 N–H and O–H groups in total. The predicted molar refractivity (Wildman–Crippen MR) is 141 cm³/mol. The Morgan fingerprint density at radius 2 is 1.89 bits per heavy atom. The maximum absolute atomic E-state index is 12.5. The first kappa shape index (κ1) is 25.7. The molecule has 0 aliphatic carbocycles. The number of methoxy groups -OCH3 is 1. The molecule has 2 aromatic carbocycles. The monoisotopic (exact) mass is 534 g/mol. The van der Waals surface area contributed by atoms with Crippen LogP contribution in [-0.4, -0.2) is 53.0 Å². The van der Waals surface area contributed by atoms with E-state index in [1.807, 2.05) is 48.2 Å². The first-order chi connectivity index (χ1) is 17.0. The lowest BCUT2D eigenvalue weighted by Crippen LogP contribution is -2.35. The van der Waals surface area contributed by atoms with Crippen LogP contribution < -0.4 is 9.64 Å². The molecule has 1 fully saturated rings. The molecule has 2 heterocycles. The van der Waals surface area contributed by atoms with Crippen LogP contribution >= 0.6 is 35.0 Å². The molecule has 186 valence electrons. The molecule has 0 atom stereocenters. The van der Waals surface area contributed by atoms with Gasteiger partial charge in [-0.3, -0.25) is 0 Å². The Balaban J connectivity index is 1.43. The molecule has 0 bridgehead atoms. The number of aromatic nitrogens is 3. The summed E-state index contributed by atoms with van der Waals surface area (Å²) in [6, 6.07) is 13.4. The second kappa shape index (κ2) is 12.0. The van der Waals surface area contributed by atoms with Crippen molar-refractivity contribution in [1.29, 1.82) is 0 Å². The Kier molecular flexibility index (Phi) is 8.81. The minimum atomic E-state index is -0.436. The highest BCUT2D eigenvalue weighted by Crippen LogP contribution is 2.34. The van der Waals surface area contributed by atoms with E-state index in [1.165, 1.54) is 0 Å². The quantitative estimate of drug-likeness (QED) is 0.325. The lowest BCUT2D eigenvalue weighted by atomic mass is 10.1. The lowest BCUT2D eigenvalue weighted by molar-refractivity contribution is 0.0518. The normalized spacial score (nSPS) is 14.2. The van der Waals surface area contributed by atoms with E-state index in [-0.39, 0.29) is 5.69 Å². The Hall–Kier alpha value is -2.42. The molecule has 35 heavy (non-hydrogen) atoms. The molecule has 1 aromatic heterocycles. The zero-order chi connectivity index (χ0) is 24.8. The van der Waals surface area contributed by atoms with Gasteiger partial charge in [0.1, 0.15) is 5.75 Å². The van der Waals surface area contributed by atoms with Crippen LogP contribution in [0.2, 0.25) is 10.0 Å². The molecule has 0 amide bonds. The second-order valence-electron chi connectivity index (χ2n) is 8.20. The van der Waals surface area contributed by atoms with Crippen molar-refractivity contribution >= 4 is 46.6 Å². The lowest BCUT2D eigenvalue weighted by Gasteiger charge is -2.34. The van der Waals surface area contributed by atoms with Crippen LogP contribution in [0.3, 0.4) is 0 Å². The summed E-state index contributed by atoms with van der Waals surface area (Å²) in [4.78, 5) is 14.8. The van der Waals surface area contributed by atoms with Crippen LogP contribution in [0.15, 0.2) is 42.5 Å². The van der Waals surface area contributed by atoms with Gasteiger partial charge in [-0.05, 0) is 55.7 Å². The summed E-state index contributed by atoms with van der Waals surface area (Å²) in [5, 5.41) is 10.3. The van der Waals surface area contributed by atoms with Crippen molar-refractivity contribution in [2.24, 2.45) is 0 Å². The number of hydrogen-bond donors (Lipinski definition) is 0. The first-order valence-electron chi connectivity index (χ1n) is 11.5. The number of anilines is 1. The van der Waals surface area contributed by atoms with E-state index < -0.39 is 5.97 Å². The number of rotatable bonds is 9. The van der Waals surface area contributed by atoms with Gasteiger partial charge in [-0.1, -0.05) is 40.5 Å². The van der Waals surface area contributed by atoms with Gasteiger partial charge in [0.2, 0.25) is 0 Å². The van der Waals surface area contributed by atoms with E-state index in [9.17, 15) is 4.79 Å².